The van der Waals surface area contributed by atoms with E-state index in [1.165, 1.54) is 6.33 Å². The molecule has 1 unspecified atom stereocenters. The number of hydrogen-bond donors (Lipinski definition) is 0. The summed E-state index contributed by atoms with van der Waals surface area (Å²) in [5.41, 5.74) is 2.09. The molecule has 0 fully saturated rings. The summed E-state index contributed by atoms with van der Waals surface area (Å²) < 4.78 is 1.54. The Morgan fingerprint density at radius 1 is 1.13 bits per heavy atom. The lowest BCUT2D eigenvalue weighted by Crippen LogP contribution is -2.06. The summed E-state index contributed by atoms with van der Waals surface area (Å²) in [6, 6.07) is 11.3. The minimum atomic E-state index is -0.0540. The third-order valence-corrected chi connectivity index (χ3v) is 3.80. The quantitative estimate of drug-likeness (QED) is 0.420. The molecular weight excluding hydrogens is 307 g/mol. The van der Waals surface area contributed by atoms with Crippen LogP contribution in [0.4, 0.5) is 0 Å². The van der Waals surface area contributed by atoms with E-state index in [0.29, 0.717) is 17.0 Å². The van der Waals surface area contributed by atoms with E-state index in [4.69, 9.17) is 0 Å². The predicted octanol–water partition coefficient (Wildman–Crippen LogP) is 2.45. The van der Waals surface area contributed by atoms with Gasteiger partial charge in [-0.3, -0.25) is 4.79 Å². The molecule has 3 aromatic rings. The fourth-order valence-corrected chi connectivity index (χ4v) is 2.42. The van der Waals surface area contributed by atoms with Crippen molar-refractivity contribution in [2.24, 2.45) is 0 Å². The largest absolute Gasteiger partial charge is 0.289 e. The second-order valence-electron chi connectivity index (χ2n) is 4.90. The first-order valence-electron chi connectivity index (χ1n) is 7.07. The van der Waals surface area contributed by atoms with Crippen LogP contribution in [-0.2, 0) is 0 Å². The molecule has 0 radical (unpaired) electrons. The number of ketones is 1. The van der Waals surface area contributed by atoms with Crippen molar-refractivity contribution in [1.82, 2.24) is 19.7 Å². The van der Waals surface area contributed by atoms with Crippen molar-refractivity contribution in [3.8, 4) is 5.82 Å². The third kappa shape index (κ3) is 3.25. The number of aromatic nitrogens is 4. The van der Waals surface area contributed by atoms with Gasteiger partial charge in [0, 0.05) is 17.3 Å². The fourth-order valence-electron chi connectivity index (χ4n) is 2.23. The molecule has 0 spiro atoms. The standard InChI is InChI=1S/C17H15N4OP/c1-2-15(12-3-6-14(23)7-4-12)17(22)13-5-8-16(19-9-13)21-11-18-10-20-21/h2-11H,23H2,1H3/b15-2+. The number of allylic oxidation sites excluding steroid dienone is 2. The molecular formula is C17H15N4OP. The van der Waals surface area contributed by atoms with Crippen molar-refractivity contribution in [1.29, 1.82) is 0 Å². The maximum Gasteiger partial charge on any atom is 0.194 e. The molecule has 1 atom stereocenters. The van der Waals surface area contributed by atoms with Gasteiger partial charge in [0.2, 0.25) is 0 Å². The van der Waals surface area contributed by atoms with Crippen LogP contribution in [0.2, 0.25) is 0 Å². The van der Waals surface area contributed by atoms with E-state index in [2.05, 4.69) is 24.3 Å². The highest BCUT2D eigenvalue weighted by Crippen LogP contribution is 2.19. The monoisotopic (exact) mass is 322 g/mol. The fraction of sp³-hybridized carbons (Fsp3) is 0.0588. The summed E-state index contributed by atoms with van der Waals surface area (Å²) in [6.45, 7) is 1.86. The molecule has 0 saturated heterocycles. The summed E-state index contributed by atoms with van der Waals surface area (Å²) in [7, 11) is 2.63. The van der Waals surface area contributed by atoms with Crippen molar-refractivity contribution in [2.75, 3.05) is 0 Å². The van der Waals surface area contributed by atoms with Crippen molar-refractivity contribution in [3.63, 3.8) is 0 Å². The maximum atomic E-state index is 12.7. The topological polar surface area (TPSA) is 60.7 Å². The van der Waals surface area contributed by atoms with Gasteiger partial charge in [0.05, 0.1) is 0 Å². The number of pyridine rings is 1. The maximum absolute atomic E-state index is 12.7. The van der Waals surface area contributed by atoms with Crippen LogP contribution in [0, 0.1) is 0 Å². The molecule has 0 bridgehead atoms. The Morgan fingerprint density at radius 2 is 1.87 bits per heavy atom. The van der Waals surface area contributed by atoms with Crippen LogP contribution >= 0.6 is 9.24 Å². The molecule has 0 aliphatic rings. The third-order valence-electron chi connectivity index (χ3n) is 3.42. The van der Waals surface area contributed by atoms with Crippen LogP contribution in [0.25, 0.3) is 11.4 Å². The summed E-state index contributed by atoms with van der Waals surface area (Å²) in [6.07, 6.45) is 6.39. The van der Waals surface area contributed by atoms with Gasteiger partial charge in [0.15, 0.2) is 11.6 Å². The lowest BCUT2D eigenvalue weighted by atomic mass is 9.97. The Morgan fingerprint density at radius 3 is 2.43 bits per heavy atom. The molecule has 0 aliphatic carbocycles. The van der Waals surface area contributed by atoms with Crippen LogP contribution in [0.3, 0.4) is 0 Å². The second kappa shape index (κ2) is 6.63. The molecule has 2 heterocycles. The van der Waals surface area contributed by atoms with Crippen LogP contribution in [-0.4, -0.2) is 25.5 Å². The zero-order valence-corrected chi connectivity index (χ0v) is 13.7. The molecule has 5 nitrogen and oxygen atoms in total. The summed E-state index contributed by atoms with van der Waals surface area (Å²) in [5, 5.41) is 5.09. The van der Waals surface area contributed by atoms with E-state index < -0.39 is 0 Å². The lowest BCUT2D eigenvalue weighted by Gasteiger charge is -2.07. The zero-order chi connectivity index (χ0) is 16.2. The summed E-state index contributed by atoms with van der Waals surface area (Å²) in [5.74, 6) is 0.565. The van der Waals surface area contributed by atoms with E-state index >= 15 is 0 Å². The highest BCUT2D eigenvalue weighted by atomic mass is 31.0. The molecule has 2 aromatic heterocycles. The van der Waals surface area contributed by atoms with Crippen LogP contribution < -0.4 is 5.30 Å². The molecule has 0 amide bonds. The molecule has 1 aromatic carbocycles. The highest BCUT2D eigenvalue weighted by Gasteiger charge is 2.14. The van der Waals surface area contributed by atoms with Gasteiger partial charge >= 0.3 is 0 Å². The lowest BCUT2D eigenvalue weighted by molar-refractivity contribution is 0.105. The highest BCUT2D eigenvalue weighted by molar-refractivity contribution is 7.27. The smallest absolute Gasteiger partial charge is 0.194 e. The van der Waals surface area contributed by atoms with Crippen LogP contribution in [0.5, 0.6) is 0 Å². The Hall–Kier alpha value is -2.65. The SMILES string of the molecule is C/C=C(/C(=O)c1ccc(-n2cncn2)nc1)c1ccc(P)cc1. The van der Waals surface area contributed by atoms with Crippen LogP contribution in [0.1, 0.15) is 22.8 Å². The number of nitrogens with zero attached hydrogens (tertiary/aromatic N) is 4. The minimum Gasteiger partial charge on any atom is -0.289 e. The second-order valence-corrected chi connectivity index (χ2v) is 5.57. The van der Waals surface area contributed by atoms with Gasteiger partial charge in [-0.25, -0.2) is 14.6 Å². The normalized spacial score (nSPS) is 11.5. The number of rotatable bonds is 4. The first kappa shape index (κ1) is 15.3. The van der Waals surface area contributed by atoms with E-state index in [1.807, 2.05) is 37.3 Å². The first-order chi connectivity index (χ1) is 11.2. The number of carbonyl (C=O) groups excluding carboxylic acids is 1. The molecule has 0 saturated carbocycles. The average Bonchev–Trinajstić information content (AvgIpc) is 3.12. The van der Waals surface area contributed by atoms with Crippen molar-refractivity contribution < 1.29 is 4.79 Å². The van der Waals surface area contributed by atoms with Crippen molar-refractivity contribution in [2.45, 2.75) is 6.92 Å². The zero-order valence-electron chi connectivity index (χ0n) is 12.5. The molecule has 114 valence electrons. The van der Waals surface area contributed by atoms with Gasteiger partial charge in [-0.05, 0) is 29.9 Å². The van der Waals surface area contributed by atoms with Gasteiger partial charge in [0.25, 0.3) is 0 Å². The number of carbonyl (C=O) groups is 1. The van der Waals surface area contributed by atoms with Gasteiger partial charge < -0.3 is 0 Å². The summed E-state index contributed by atoms with van der Waals surface area (Å²) >= 11 is 0. The Labute approximate surface area is 136 Å². The first-order valence-corrected chi connectivity index (χ1v) is 7.65. The van der Waals surface area contributed by atoms with E-state index in [0.717, 1.165) is 10.9 Å². The Balaban J connectivity index is 1.88. The van der Waals surface area contributed by atoms with E-state index in [9.17, 15) is 4.79 Å². The molecule has 6 heteroatoms. The van der Waals surface area contributed by atoms with Gasteiger partial charge in [-0.15, -0.1) is 9.24 Å². The Kier molecular flexibility index (Phi) is 4.40. The number of Topliss-reactive ketones (excluding diaryl/α,β-unsaturated/α-hetero) is 1. The van der Waals surface area contributed by atoms with E-state index in [-0.39, 0.29) is 5.78 Å². The van der Waals surface area contributed by atoms with Gasteiger partial charge in [-0.1, -0.05) is 30.3 Å². The Bertz CT molecular complexity index is 837. The van der Waals surface area contributed by atoms with Gasteiger partial charge in [-0.2, -0.15) is 5.10 Å². The molecule has 0 N–H and O–H groups in total. The molecule has 0 aliphatic heterocycles. The van der Waals surface area contributed by atoms with Gasteiger partial charge in [0.1, 0.15) is 12.7 Å². The van der Waals surface area contributed by atoms with Crippen molar-refractivity contribution in [3.05, 3.63) is 72.5 Å². The number of benzene rings is 1. The van der Waals surface area contributed by atoms with Crippen molar-refractivity contribution >= 4 is 25.9 Å². The minimum absolute atomic E-state index is 0.0540. The number of hydrogen-bond acceptors (Lipinski definition) is 4. The average molecular weight is 322 g/mol. The summed E-state index contributed by atoms with van der Waals surface area (Å²) in [4.78, 5) is 20.9. The predicted molar refractivity (Wildman–Crippen MR) is 92.9 cm³/mol. The molecule has 23 heavy (non-hydrogen) atoms. The van der Waals surface area contributed by atoms with E-state index in [1.54, 1.807) is 29.3 Å². The molecule has 3 rings (SSSR count). The van der Waals surface area contributed by atoms with Crippen LogP contribution in [0.15, 0.2) is 61.3 Å².